The number of halogens is 3. The average molecular weight is 419 g/mol. The highest BCUT2D eigenvalue weighted by Crippen LogP contribution is 2.33. The van der Waals surface area contributed by atoms with Gasteiger partial charge in [0.2, 0.25) is 5.91 Å². The summed E-state index contributed by atoms with van der Waals surface area (Å²) in [4.78, 5) is 22.5. The third-order valence-corrected chi connectivity index (χ3v) is 5.36. The summed E-state index contributed by atoms with van der Waals surface area (Å²) < 4.78 is 46.2. The lowest BCUT2D eigenvalue weighted by atomic mass is 9.92. The Labute approximate surface area is 170 Å². The van der Waals surface area contributed by atoms with Gasteiger partial charge < -0.3 is 9.64 Å². The molecule has 3 heterocycles. The molecule has 0 unspecified atom stereocenters. The number of hydrogen-bond acceptors (Lipinski definition) is 5. The maximum atomic E-state index is 13.4. The first-order chi connectivity index (χ1) is 14.4. The molecule has 1 aliphatic rings. The summed E-state index contributed by atoms with van der Waals surface area (Å²) in [5.74, 6) is 0.374. The SMILES string of the molecule is COc1ccccc1CC(=O)N1CCC(c2cc(C(F)(F)F)n3ncnc3n2)CC1. The van der Waals surface area contributed by atoms with E-state index in [1.54, 1.807) is 18.1 Å². The van der Waals surface area contributed by atoms with E-state index in [1.165, 1.54) is 0 Å². The number of rotatable bonds is 4. The molecule has 1 aromatic carbocycles. The van der Waals surface area contributed by atoms with Gasteiger partial charge in [0, 0.05) is 30.3 Å². The molecule has 7 nitrogen and oxygen atoms in total. The van der Waals surface area contributed by atoms with Gasteiger partial charge in [0.25, 0.3) is 5.78 Å². The Morgan fingerprint density at radius 3 is 2.67 bits per heavy atom. The molecule has 0 atom stereocenters. The van der Waals surface area contributed by atoms with Gasteiger partial charge in [-0.05, 0) is 25.0 Å². The number of piperidine rings is 1. The zero-order valence-corrected chi connectivity index (χ0v) is 16.3. The number of alkyl halides is 3. The smallest absolute Gasteiger partial charge is 0.433 e. The number of ether oxygens (including phenoxy) is 1. The molecule has 0 saturated carbocycles. The quantitative estimate of drug-likeness (QED) is 0.650. The van der Waals surface area contributed by atoms with Crippen LogP contribution in [0, 0.1) is 0 Å². The van der Waals surface area contributed by atoms with Crippen LogP contribution in [-0.4, -0.2) is 50.6 Å². The predicted molar refractivity (Wildman–Crippen MR) is 101 cm³/mol. The topological polar surface area (TPSA) is 72.6 Å². The molecule has 0 spiro atoms. The summed E-state index contributed by atoms with van der Waals surface area (Å²) in [7, 11) is 1.56. The van der Waals surface area contributed by atoms with Gasteiger partial charge in [-0.3, -0.25) is 4.79 Å². The minimum Gasteiger partial charge on any atom is -0.496 e. The summed E-state index contributed by atoms with van der Waals surface area (Å²) in [6.45, 7) is 0.916. The molecule has 1 fully saturated rings. The number of amides is 1. The van der Waals surface area contributed by atoms with Gasteiger partial charge in [0.1, 0.15) is 12.1 Å². The largest absolute Gasteiger partial charge is 0.496 e. The average Bonchev–Trinajstić information content (AvgIpc) is 3.21. The number of methoxy groups -OCH3 is 1. The van der Waals surface area contributed by atoms with Crippen molar-refractivity contribution in [1.82, 2.24) is 24.5 Å². The van der Waals surface area contributed by atoms with E-state index < -0.39 is 11.9 Å². The second-order valence-electron chi connectivity index (χ2n) is 7.18. The van der Waals surface area contributed by atoms with Crippen molar-refractivity contribution in [1.29, 1.82) is 0 Å². The molecule has 1 aliphatic heterocycles. The number of hydrogen-bond donors (Lipinski definition) is 0. The maximum absolute atomic E-state index is 13.4. The van der Waals surface area contributed by atoms with Crippen molar-refractivity contribution < 1.29 is 22.7 Å². The fourth-order valence-electron chi connectivity index (χ4n) is 3.79. The van der Waals surface area contributed by atoms with Crippen molar-refractivity contribution in [3.8, 4) is 5.75 Å². The minimum atomic E-state index is -4.56. The minimum absolute atomic E-state index is 0.0326. The molecule has 2 aromatic heterocycles. The van der Waals surface area contributed by atoms with E-state index in [1.807, 2.05) is 18.2 Å². The number of benzene rings is 1. The summed E-state index contributed by atoms with van der Waals surface area (Å²) in [6, 6.07) is 8.38. The molecule has 158 valence electrons. The van der Waals surface area contributed by atoms with Crippen LogP contribution in [-0.2, 0) is 17.4 Å². The summed E-state index contributed by atoms with van der Waals surface area (Å²) in [6.07, 6.45) is -2.22. The highest BCUT2D eigenvalue weighted by molar-refractivity contribution is 5.79. The van der Waals surface area contributed by atoms with Crippen LogP contribution < -0.4 is 4.74 Å². The van der Waals surface area contributed by atoms with E-state index in [0.29, 0.717) is 41.9 Å². The predicted octanol–water partition coefficient (Wildman–Crippen LogP) is 3.10. The van der Waals surface area contributed by atoms with Crippen molar-refractivity contribution in [2.24, 2.45) is 0 Å². The highest BCUT2D eigenvalue weighted by atomic mass is 19.4. The zero-order chi connectivity index (χ0) is 21.3. The fraction of sp³-hybridized carbons (Fsp3) is 0.400. The number of carbonyl (C=O) groups excluding carboxylic acids is 1. The van der Waals surface area contributed by atoms with Crippen molar-refractivity contribution in [2.75, 3.05) is 20.2 Å². The lowest BCUT2D eigenvalue weighted by Crippen LogP contribution is -2.39. The molecule has 0 N–H and O–H groups in total. The molecule has 1 amide bonds. The Kier molecular flexibility index (Phi) is 5.31. The van der Waals surface area contributed by atoms with E-state index >= 15 is 0 Å². The van der Waals surface area contributed by atoms with Gasteiger partial charge >= 0.3 is 6.18 Å². The van der Waals surface area contributed by atoms with Gasteiger partial charge in [-0.15, -0.1) is 0 Å². The number of likely N-dealkylation sites (tertiary alicyclic amines) is 1. The molecular formula is C20H20F3N5O2. The first-order valence-corrected chi connectivity index (χ1v) is 9.54. The lowest BCUT2D eigenvalue weighted by Gasteiger charge is -2.32. The summed E-state index contributed by atoms with van der Waals surface area (Å²) >= 11 is 0. The lowest BCUT2D eigenvalue weighted by molar-refractivity contribution is -0.142. The van der Waals surface area contributed by atoms with E-state index in [-0.39, 0.29) is 24.0 Å². The number of fused-ring (bicyclic) bond motifs is 1. The molecule has 0 radical (unpaired) electrons. The van der Waals surface area contributed by atoms with E-state index in [4.69, 9.17) is 4.74 Å². The van der Waals surface area contributed by atoms with Crippen LogP contribution in [0.25, 0.3) is 5.78 Å². The molecule has 0 aliphatic carbocycles. The van der Waals surface area contributed by atoms with Crippen molar-refractivity contribution in [3.05, 3.63) is 53.6 Å². The number of carbonyl (C=O) groups is 1. The van der Waals surface area contributed by atoms with E-state index in [9.17, 15) is 18.0 Å². The molecule has 1 saturated heterocycles. The van der Waals surface area contributed by atoms with E-state index in [0.717, 1.165) is 18.0 Å². The van der Waals surface area contributed by atoms with Crippen LogP contribution in [0.15, 0.2) is 36.7 Å². The molecule has 3 aromatic rings. The van der Waals surface area contributed by atoms with Crippen LogP contribution in [0.4, 0.5) is 13.2 Å². The summed E-state index contributed by atoms with van der Waals surface area (Å²) in [5.41, 5.74) is 0.246. The van der Waals surface area contributed by atoms with Crippen LogP contribution in [0.1, 0.15) is 35.7 Å². The molecular weight excluding hydrogens is 399 g/mol. The van der Waals surface area contributed by atoms with Crippen LogP contribution >= 0.6 is 0 Å². The standard InChI is InChI=1S/C20H20F3N5O2/c1-30-16-5-3-2-4-14(16)10-18(29)27-8-6-13(7-9-27)15-11-17(20(21,22)23)28-19(26-15)24-12-25-28/h2-5,11-13H,6-10H2,1H3. The molecule has 10 heteroatoms. The number of para-hydroxylation sites is 1. The second-order valence-corrected chi connectivity index (χ2v) is 7.18. The van der Waals surface area contributed by atoms with Crippen molar-refractivity contribution in [3.63, 3.8) is 0 Å². The van der Waals surface area contributed by atoms with E-state index in [2.05, 4.69) is 15.1 Å². The first-order valence-electron chi connectivity index (χ1n) is 9.54. The van der Waals surface area contributed by atoms with Crippen molar-refractivity contribution in [2.45, 2.75) is 31.4 Å². The third kappa shape index (κ3) is 3.94. The molecule has 0 bridgehead atoms. The maximum Gasteiger partial charge on any atom is 0.433 e. The Balaban J connectivity index is 1.46. The Bertz CT molecular complexity index is 1060. The van der Waals surface area contributed by atoms with Crippen molar-refractivity contribution >= 4 is 11.7 Å². The van der Waals surface area contributed by atoms with Crippen LogP contribution in [0.2, 0.25) is 0 Å². The monoisotopic (exact) mass is 419 g/mol. The summed E-state index contributed by atoms with van der Waals surface area (Å²) in [5, 5.41) is 3.62. The Hall–Kier alpha value is -3.17. The molecule has 30 heavy (non-hydrogen) atoms. The Morgan fingerprint density at radius 1 is 1.23 bits per heavy atom. The zero-order valence-electron chi connectivity index (χ0n) is 16.3. The fourth-order valence-corrected chi connectivity index (χ4v) is 3.79. The third-order valence-electron chi connectivity index (χ3n) is 5.36. The van der Waals surface area contributed by atoms with Gasteiger partial charge in [0.15, 0.2) is 5.69 Å². The first kappa shape index (κ1) is 20.1. The number of nitrogens with zero attached hydrogens (tertiary/aromatic N) is 5. The van der Waals surface area contributed by atoms with Gasteiger partial charge in [-0.2, -0.15) is 27.8 Å². The number of aromatic nitrogens is 4. The van der Waals surface area contributed by atoms with Gasteiger partial charge in [-0.1, -0.05) is 18.2 Å². The molecule has 4 rings (SSSR count). The van der Waals surface area contributed by atoms with Crippen LogP contribution in [0.3, 0.4) is 0 Å². The van der Waals surface area contributed by atoms with Gasteiger partial charge in [0.05, 0.1) is 13.5 Å². The second kappa shape index (κ2) is 7.92. The van der Waals surface area contributed by atoms with Crippen LogP contribution in [0.5, 0.6) is 5.75 Å². The van der Waals surface area contributed by atoms with Gasteiger partial charge in [-0.25, -0.2) is 4.98 Å². The highest BCUT2D eigenvalue weighted by Gasteiger charge is 2.36. The normalized spacial score (nSPS) is 15.5. The Morgan fingerprint density at radius 2 is 1.97 bits per heavy atom.